The number of nitrogens with one attached hydrogen (secondary N) is 1. The maximum Gasteiger partial charge on any atom is 0.258 e. The first kappa shape index (κ1) is 22.4. The Balaban J connectivity index is 1.56. The van der Waals surface area contributed by atoms with E-state index in [1.165, 1.54) is 12.1 Å². The second-order valence-electron chi connectivity index (χ2n) is 7.73. The molecule has 172 valence electrons. The van der Waals surface area contributed by atoms with Gasteiger partial charge in [0.25, 0.3) is 5.91 Å². The molecule has 0 unspecified atom stereocenters. The van der Waals surface area contributed by atoms with Crippen molar-refractivity contribution in [3.63, 3.8) is 0 Å². The number of aromatic nitrogens is 1. The van der Waals surface area contributed by atoms with Crippen LogP contribution in [0.15, 0.2) is 101 Å². The molecule has 0 saturated heterocycles. The Bertz CT molecular complexity index is 1520. The minimum absolute atomic E-state index is 0.161. The van der Waals surface area contributed by atoms with Gasteiger partial charge in [0, 0.05) is 33.3 Å². The number of anilines is 1. The number of phenols is 1. The van der Waals surface area contributed by atoms with Gasteiger partial charge < -0.3 is 9.52 Å². The molecule has 35 heavy (non-hydrogen) atoms. The van der Waals surface area contributed by atoms with Gasteiger partial charge in [0.1, 0.15) is 17.3 Å². The number of aromatic hydroxyl groups is 1. The van der Waals surface area contributed by atoms with Gasteiger partial charge in [-0.1, -0.05) is 60.1 Å². The van der Waals surface area contributed by atoms with Crippen molar-refractivity contribution in [2.24, 2.45) is 0 Å². The number of benzene rings is 4. The van der Waals surface area contributed by atoms with Crippen LogP contribution in [-0.2, 0) is 0 Å². The molecule has 2 N–H and O–H groups in total. The van der Waals surface area contributed by atoms with Crippen LogP contribution >= 0.6 is 11.6 Å². The molecular weight excluding hydrogens is 467 g/mol. The molecule has 4 aromatic carbocycles. The van der Waals surface area contributed by atoms with E-state index >= 15 is 0 Å². The zero-order chi connectivity index (χ0) is 24.4. The van der Waals surface area contributed by atoms with Crippen LogP contribution < -0.4 is 5.32 Å². The molecule has 5 rings (SSSR count). The molecular formula is C28H18ClFN2O3. The highest BCUT2D eigenvalue weighted by atomic mass is 35.5. The largest absolute Gasteiger partial charge is 0.507 e. The van der Waals surface area contributed by atoms with E-state index in [1.54, 1.807) is 48.5 Å². The van der Waals surface area contributed by atoms with Gasteiger partial charge in [-0.3, -0.25) is 10.1 Å². The van der Waals surface area contributed by atoms with Crippen molar-refractivity contribution >= 4 is 23.4 Å². The van der Waals surface area contributed by atoms with Gasteiger partial charge in [-0.05, 0) is 48.0 Å². The second-order valence-corrected chi connectivity index (χ2v) is 8.17. The number of phenolic OH excluding ortho intramolecular Hbond substituents is 1. The molecule has 0 atom stereocenters. The standard InChI is InChI=1S/C28H18ClFN2O3/c29-19-12-10-17(11-13-19)25-28(35-27(31-25)18-6-2-1-3-7-18)32-26(34)23-9-5-4-8-21(23)22-15-14-20(30)16-24(22)33/h1-16,33H,(H,32,34). The number of hydrogen-bond acceptors (Lipinski definition) is 4. The first-order valence-corrected chi connectivity index (χ1v) is 11.1. The fourth-order valence-corrected chi connectivity index (χ4v) is 3.86. The van der Waals surface area contributed by atoms with E-state index in [9.17, 15) is 14.3 Å². The first-order chi connectivity index (χ1) is 17.0. The monoisotopic (exact) mass is 484 g/mol. The summed E-state index contributed by atoms with van der Waals surface area (Å²) in [5, 5.41) is 13.7. The van der Waals surface area contributed by atoms with Gasteiger partial charge in [-0.2, -0.15) is 0 Å². The Hall–Kier alpha value is -4.42. The first-order valence-electron chi connectivity index (χ1n) is 10.7. The van der Waals surface area contributed by atoms with Crippen LogP contribution in [0.5, 0.6) is 5.75 Å². The van der Waals surface area contributed by atoms with Gasteiger partial charge >= 0.3 is 0 Å². The van der Waals surface area contributed by atoms with E-state index in [2.05, 4.69) is 10.3 Å². The second kappa shape index (κ2) is 9.44. The van der Waals surface area contributed by atoms with Crippen LogP contribution in [0.25, 0.3) is 33.8 Å². The maximum absolute atomic E-state index is 13.5. The van der Waals surface area contributed by atoms with E-state index in [-0.39, 0.29) is 17.2 Å². The zero-order valence-electron chi connectivity index (χ0n) is 18.2. The number of halogens is 2. The molecule has 0 bridgehead atoms. The van der Waals surface area contributed by atoms with Crippen molar-refractivity contribution in [1.82, 2.24) is 4.98 Å². The number of rotatable bonds is 5. The molecule has 0 fully saturated rings. The van der Waals surface area contributed by atoms with E-state index in [4.69, 9.17) is 16.0 Å². The third-order valence-electron chi connectivity index (χ3n) is 5.41. The molecule has 1 heterocycles. The summed E-state index contributed by atoms with van der Waals surface area (Å²) in [6.45, 7) is 0. The number of carbonyl (C=O) groups is 1. The summed E-state index contributed by atoms with van der Waals surface area (Å²) in [4.78, 5) is 18.0. The molecule has 5 aromatic rings. The number of carbonyl (C=O) groups excluding carboxylic acids is 1. The van der Waals surface area contributed by atoms with Crippen molar-refractivity contribution in [1.29, 1.82) is 0 Å². The molecule has 7 heteroatoms. The lowest BCUT2D eigenvalue weighted by Gasteiger charge is -2.11. The molecule has 0 saturated carbocycles. The number of hydrogen-bond donors (Lipinski definition) is 2. The smallest absolute Gasteiger partial charge is 0.258 e. The van der Waals surface area contributed by atoms with Crippen molar-refractivity contribution < 1.29 is 18.7 Å². The SMILES string of the molecule is O=C(Nc1oc(-c2ccccc2)nc1-c1ccc(Cl)cc1)c1ccccc1-c1ccc(F)cc1O. The average Bonchev–Trinajstić information content (AvgIpc) is 3.29. The molecule has 0 aliphatic rings. The highest BCUT2D eigenvalue weighted by Gasteiger charge is 2.21. The predicted octanol–water partition coefficient (Wildman–Crippen LogP) is 7.43. The zero-order valence-corrected chi connectivity index (χ0v) is 19.0. The fraction of sp³-hybridized carbons (Fsp3) is 0. The van der Waals surface area contributed by atoms with Crippen LogP contribution in [0.2, 0.25) is 5.02 Å². The quantitative estimate of drug-likeness (QED) is 0.272. The van der Waals surface area contributed by atoms with E-state index in [0.717, 1.165) is 11.6 Å². The highest BCUT2D eigenvalue weighted by Crippen LogP contribution is 2.36. The van der Waals surface area contributed by atoms with E-state index in [0.29, 0.717) is 33.3 Å². The summed E-state index contributed by atoms with van der Waals surface area (Å²) in [6.07, 6.45) is 0. The van der Waals surface area contributed by atoms with Crippen LogP contribution in [-0.4, -0.2) is 16.0 Å². The van der Waals surface area contributed by atoms with Crippen molar-refractivity contribution in [3.05, 3.63) is 113 Å². The summed E-state index contributed by atoms with van der Waals surface area (Å²) in [5.41, 5.74) is 2.95. The van der Waals surface area contributed by atoms with Crippen LogP contribution in [0.1, 0.15) is 10.4 Å². The van der Waals surface area contributed by atoms with Crippen LogP contribution in [0, 0.1) is 5.82 Å². The Morgan fingerprint density at radius 3 is 2.31 bits per heavy atom. The summed E-state index contributed by atoms with van der Waals surface area (Å²) in [6, 6.07) is 26.8. The lowest BCUT2D eigenvalue weighted by Crippen LogP contribution is -2.13. The van der Waals surface area contributed by atoms with Gasteiger partial charge in [0.05, 0.1) is 0 Å². The fourth-order valence-electron chi connectivity index (χ4n) is 3.73. The van der Waals surface area contributed by atoms with Gasteiger partial charge in [0.2, 0.25) is 11.8 Å². The average molecular weight is 485 g/mol. The van der Waals surface area contributed by atoms with E-state index in [1.807, 2.05) is 30.3 Å². The Labute approximate surface area is 205 Å². The lowest BCUT2D eigenvalue weighted by molar-refractivity contribution is 0.102. The number of amides is 1. The van der Waals surface area contributed by atoms with Gasteiger partial charge in [-0.15, -0.1) is 0 Å². The molecule has 0 radical (unpaired) electrons. The van der Waals surface area contributed by atoms with Crippen molar-refractivity contribution in [2.75, 3.05) is 5.32 Å². The van der Waals surface area contributed by atoms with Gasteiger partial charge in [0.15, 0.2) is 0 Å². The molecule has 0 aliphatic carbocycles. The topological polar surface area (TPSA) is 75.4 Å². The summed E-state index contributed by atoms with van der Waals surface area (Å²) in [5.74, 6) is -0.811. The highest BCUT2D eigenvalue weighted by molar-refractivity contribution is 6.30. The Kier molecular flexibility index (Phi) is 6.04. The summed E-state index contributed by atoms with van der Waals surface area (Å²) in [7, 11) is 0. The number of nitrogens with zero attached hydrogens (tertiary/aromatic N) is 1. The van der Waals surface area contributed by atoms with Crippen LogP contribution in [0.3, 0.4) is 0 Å². The number of oxazole rings is 1. The molecule has 1 amide bonds. The van der Waals surface area contributed by atoms with Crippen molar-refractivity contribution in [3.8, 4) is 39.6 Å². The molecule has 0 aliphatic heterocycles. The minimum Gasteiger partial charge on any atom is -0.507 e. The molecule has 1 aromatic heterocycles. The van der Waals surface area contributed by atoms with Crippen molar-refractivity contribution in [2.45, 2.75) is 0 Å². The normalized spacial score (nSPS) is 10.8. The maximum atomic E-state index is 13.5. The molecule has 0 spiro atoms. The third-order valence-corrected chi connectivity index (χ3v) is 5.67. The van der Waals surface area contributed by atoms with Gasteiger partial charge in [-0.25, -0.2) is 9.37 Å². The summed E-state index contributed by atoms with van der Waals surface area (Å²) < 4.78 is 19.5. The van der Waals surface area contributed by atoms with E-state index < -0.39 is 11.7 Å². The lowest BCUT2D eigenvalue weighted by atomic mass is 9.98. The third kappa shape index (κ3) is 4.65. The Morgan fingerprint density at radius 2 is 1.57 bits per heavy atom. The predicted molar refractivity (Wildman–Crippen MR) is 134 cm³/mol. The summed E-state index contributed by atoms with van der Waals surface area (Å²) >= 11 is 6.05. The Morgan fingerprint density at radius 1 is 0.857 bits per heavy atom. The minimum atomic E-state index is -0.573. The van der Waals surface area contributed by atoms with Crippen LogP contribution in [0.4, 0.5) is 10.3 Å². The molecule has 5 nitrogen and oxygen atoms in total.